The van der Waals surface area contributed by atoms with Crippen molar-refractivity contribution in [1.29, 1.82) is 0 Å². The largest absolute Gasteiger partial charge is 0.493 e. The van der Waals surface area contributed by atoms with Crippen LogP contribution in [-0.2, 0) is 6.61 Å². The molecule has 26 heavy (non-hydrogen) atoms. The van der Waals surface area contributed by atoms with Gasteiger partial charge in [0.1, 0.15) is 31.3 Å². The van der Waals surface area contributed by atoms with Gasteiger partial charge in [0.25, 0.3) is 0 Å². The lowest BCUT2D eigenvalue weighted by atomic mass is 10.2. The third kappa shape index (κ3) is 4.55. The van der Waals surface area contributed by atoms with Gasteiger partial charge in [-0.15, -0.1) is 12.8 Å². The van der Waals surface area contributed by atoms with Gasteiger partial charge in [0, 0.05) is 0 Å². The van der Waals surface area contributed by atoms with Gasteiger partial charge >= 0.3 is 0 Å². The third-order valence-corrected chi connectivity index (χ3v) is 3.46. The van der Waals surface area contributed by atoms with E-state index < -0.39 is 0 Å². The number of hydrogen-bond acceptors (Lipinski definition) is 5. The van der Waals surface area contributed by atoms with Crippen molar-refractivity contribution in [3.8, 4) is 53.4 Å². The Balaban J connectivity index is 2.33. The summed E-state index contributed by atoms with van der Waals surface area (Å²) in [5, 5.41) is 0. The predicted molar refractivity (Wildman–Crippen MR) is 99.0 cm³/mol. The van der Waals surface area contributed by atoms with Crippen molar-refractivity contribution >= 4 is 0 Å². The second-order valence-corrected chi connectivity index (χ2v) is 5.00. The summed E-state index contributed by atoms with van der Waals surface area (Å²) in [7, 11) is 3.13. The summed E-state index contributed by atoms with van der Waals surface area (Å²) in [5.41, 5.74) is 0.686. The minimum Gasteiger partial charge on any atom is -0.493 e. The molecule has 0 amide bonds. The Morgan fingerprint density at radius 2 is 1.19 bits per heavy atom. The molecule has 0 saturated heterocycles. The van der Waals surface area contributed by atoms with Crippen LogP contribution in [0.25, 0.3) is 0 Å². The maximum atomic E-state index is 5.96. The Kier molecular flexibility index (Phi) is 7.09. The lowest BCUT2D eigenvalue weighted by Gasteiger charge is -2.17. The second kappa shape index (κ2) is 9.76. The fourth-order valence-electron chi connectivity index (χ4n) is 2.30. The molecule has 0 atom stereocenters. The Labute approximate surface area is 153 Å². The van der Waals surface area contributed by atoms with Gasteiger partial charge in [-0.2, -0.15) is 0 Å². The van der Waals surface area contributed by atoms with Gasteiger partial charge in [-0.3, -0.25) is 0 Å². The van der Waals surface area contributed by atoms with Crippen molar-refractivity contribution in [2.24, 2.45) is 0 Å². The van der Waals surface area contributed by atoms with E-state index in [-0.39, 0.29) is 19.8 Å². The first-order valence-electron chi connectivity index (χ1n) is 7.83. The van der Waals surface area contributed by atoms with Crippen molar-refractivity contribution in [1.82, 2.24) is 0 Å². The summed E-state index contributed by atoms with van der Waals surface area (Å²) < 4.78 is 27.9. The van der Waals surface area contributed by atoms with Crippen LogP contribution in [0.5, 0.6) is 28.7 Å². The standard InChI is InChI=1S/C21H20O5/c1-5-13-24-17-9-7-10-18(25-14-6-2)16(17)15-26-21-19(22-3)11-8-12-20(21)23-4/h1-2,7-12H,13-15H2,3-4H3. The van der Waals surface area contributed by atoms with E-state index in [0.29, 0.717) is 34.3 Å². The smallest absolute Gasteiger partial charge is 0.203 e. The van der Waals surface area contributed by atoms with E-state index in [9.17, 15) is 0 Å². The molecule has 0 heterocycles. The van der Waals surface area contributed by atoms with Crippen molar-refractivity contribution in [2.75, 3.05) is 27.4 Å². The quantitative estimate of drug-likeness (QED) is 0.648. The van der Waals surface area contributed by atoms with Crippen molar-refractivity contribution in [3.05, 3.63) is 42.0 Å². The summed E-state index contributed by atoms with van der Waals surface area (Å²) in [5.74, 6) is 7.59. The highest BCUT2D eigenvalue weighted by Crippen LogP contribution is 2.38. The van der Waals surface area contributed by atoms with Gasteiger partial charge in [-0.05, 0) is 24.3 Å². The molecule has 0 aliphatic heterocycles. The number of benzene rings is 2. The average molecular weight is 352 g/mol. The Morgan fingerprint density at radius 3 is 1.62 bits per heavy atom. The van der Waals surface area contributed by atoms with Crippen LogP contribution in [0.15, 0.2) is 36.4 Å². The topological polar surface area (TPSA) is 46.2 Å². The van der Waals surface area contributed by atoms with Gasteiger partial charge in [-0.1, -0.05) is 24.0 Å². The summed E-state index contributed by atoms with van der Waals surface area (Å²) in [6.45, 7) is 0.407. The molecule has 0 saturated carbocycles. The number of terminal acetylenes is 2. The number of ether oxygens (including phenoxy) is 5. The first-order chi connectivity index (χ1) is 12.7. The van der Waals surface area contributed by atoms with Crippen LogP contribution >= 0.6 is 0 Å². The molecule has 0 bridgehead atoms. The molecule has 2 aromatic carbocycles. The molecule has 0 unspecified atom stereocenters. The zero-order valence-electron chi connectivity index (χ0n) is 14.8. The minimum absolute atomic E-state index is 0.129. The molecule has 2 aromatic rings. The molecule has 5 nitrogen and oxygen atoms in total. The van der Waals surface area contributed by atoms with Gasteiger partial charge in [0.2, 0.25) is 5.75 Å². The van der Waals surface area contributed by atoms with Crippen LogP contribution in [0.1, 0.15) is 5.56 Å². The van der Waals surface area contributed by atoms with E-state index in [1.54, 1.807) is 44.6 Å². The van der Waals surface area contributed by atoms with E-state index in [4.69, 9.17) is 36.5 Å². The summed E-state index contributed by atoms with van der Waals surface area (Å²) >= 11 is 0. The lowest BCUT2D eigenvalue weighted by Crippen LogP contribution is -2.06. The summed E-state index contributed by atoms with van der Waals surface area (Å²) in [4.78, 5) is 0. The van der Waals surface area contributed by atoms with E-state index in [0.717, 1.165) is 0 Å². The number of para-hydroxylation sites is 1. The van der Waals surface area contributed by atoms with Crippen molar-refractivity contribution < 1.29 is 23.7 Å². The van der Waals surface area contributed by atoms with Crippen molar-refractivity contribution in [3.63, 3.8) is 0 Å². The SMILES string of the molecule is C#CCOc1cccc(OCC#C)c1COc1c(OC)cccc1OC. The van der Waals surface area contributed by atoms with E-state index in [1.807, 2.05) is 6.07 Å². The second-order valence-electron chi connectivity index (χ2n) is 5.00. The Bertz CT molecular complexity index is 756. The van der Waals surface area contributed by atoms with E-state index in [2.05, 4.69) is 11.8 Å². The lowest BCUT2D eigenvalue weighted by molar-refractivity contribution is 0.251. The van der Waals surface area contributed by atoms with E-state index >= 15 is 0 Å². The normalized spacial score (nSPS) is 9.54. The van der Waals surface area contributed by atoms with Gasteiger partial charge in [0.05, 0.1) is 19.8 Å². The zero-order chi connectivity index (χ0) is 18.8. The molecule has 0 N–H and O–H groups in total. The van der Waals surface area contributed by atoms with Crippen LogP contribution in [0.4, 0.5) is 0 Å². The molecule has 0 radical (unpaired) electrons. The molecular formula is C21H20O5. The molecule has 0 aromatic heterocycles. The number of rotatable bonds is 9. The highest BCUT2D eigenvalue weighted by Gasteiger charge is 2.16. The number of methoxy groups -OCH3 is 2. The average Bonchev–Trinajstić information content (AvgIpc) is 2.69. The monoisotopic (exact) mass is 352 g/mol. The Morgan fingerprint density at radius 1 is 0.731 bits per heavy atom. The van der Waals surface area contributed by atoms with Gasteiger partial charge in [0.15, 0.2) is 11.5 Å². The zero-order valence-corrected chi connectivity index (χ0v) is 14.8. The molecule has 0 spiro atoms. The van der Waals surface area contributed by atoms with Crippen LogP contribution in [-0.4, -0.2) is 27.4 Å². The number of hydrogen-bond donors (Lipinski definition) is 0. The maximum Gasteiger partial charge on any atom is 0.203 e. The first kappa shape index (κ1) is 18.9. The minimum atomic E-state index is 0.129. The highest BCUT2D eigenvalue weighted by atomic mass is 16.5. The molecule has 0 aliphatic carbocycles. The van der Waals surface area contributed by atoms with Crippen LogP contribution in [0, 0.1) is 24.7 Å². The predicted octanol–water partition coefficient (Wildman–Crippen LogP) is 3.31. The fraction of sp³-hybridized carbons (Fsp3) is 0.238. The Hall–Kier alpha value is -3.44. The van der Waals surface area contributed by atoms with Gasteiger partial charge < -0.3 is 23.7 Å². The fourth-order valence-corrected chi connectivity index (χ4v) is 2.30. The molecule has 5 heteroatoms. The van der Waals surface area contributed by atoms with Crippen LogP contribution in [0.2, 0.25) is 0 Å². The molecule has 134 valence electrons. The molecule has 0 aliphatic rings. The summed E-state index contributed by atoms with van der Waals surface area (Å²) in [6, 6.07) is 10.8. The molecular weight excluding hydrogens is 332 g/mol. The third-order valence-electron chi connectivity index (χ3n) is 3.46. The van der Waals surface area contributed by atoms with Crippen molar-refractivity contribution in [2.45, 2.75) is 6.61 Å². The summed E-state index contributed by atoms with van der Waals surface area (Å²) in [6.07, 6.45) is 10.6. The van der Waals surface area contributed by atoms with Gasteiger partial charge in [-0.25, -0.2) is 0 Å². The van der Waals surface area contributed by atoms with Crippen LogP contribution < -0.4 is 23.7 Å². The molecule has 0 fully saturated rings. The first-order valence-corrected chi connectivity index (χ1v) is 7.83. The van der Waals surface area contributed by atoms with E-state index in [1.165, 1.54) is 0 Å². The molecule has 2 rings (SSSR count). The van der Waals surface area contributed by atoms with Crippen LogP contribution in [0.3, 0.4) is 0 Å². The highest BCUT2D eigenvalue weighted by molar-refractivity contribution is 5.52. The maximum absolute atomic E-state index is 5.96.